The number of aliphatic hydroxyl groups is 1. The normalized spacial score (nSPS) is 24.3. The second-order valence-corrected chi connectivity index (χ2v) is 3.72. The van der Waals surface area contributed by atoms with Crippen LogP contribution in [0.2, 0.25) is 0 Å². The zero-order chi connectivity index (χ0) is 10.8. The maximum absolute atomic E-state index is 10.6. The van der Waals surface area contributed by atoms with Gasteiger partial charge < -0.3 is 15.5 Å². The molecule has 1 aliphatic carbocycles. The van der Waals surface area contributed by atoms with E-state index in [2.05, 4.69) is 5.32 Å². The van der Waals surface area contributed by atoms with Gasteiger partial charge in [-0.3, -0.25) is 0 Å². The molecular formula is C11H13NO3. The predicted octanol–water partition coefficient (Wildman–Crippen LogP) is 1.82. The topological polar surface area (TPSA) is 69.6 Å². The maximum atomic E-state index is 10.6. The molecule has 0 aromatic heterocycles. The number of aliphatic hydroxyl groups excluding tert-OH is 1. The molecule has 15 heavy (non-hydrogen) atoms. The highest BCUT2D eigenvalue weighted by atomic mass is 16.4. The van der Waals surface area contributed by atoms with Crippen molar-refractivity contribution < 1.29 is 15.0 Å². The Hall–Kier alpha value is -1.55. The molecule has 0 saturated heterocycles. The van der Waals surface area contributed by atoms with Gasteiger partial charge >= 0.3 is 6.09 Å². The van der Waals surface area contributed by atoms with Gasteiger partial charge in [-0.1, -0.05) is 24.3 Å². The molecular weight excluding hydrogens is 194 g/mol. The first-order valence-electron chi connectivity index (χ1n) is 4.95. The molecule has 2 atom stereocenters. The summed E-state index contributed by atoms with van der Waals surface area (Å²) in [4.78, 5) is 10.6. The van der Waals surface area contributed by atoms with Crippen molar-refractivity contribution >= 4 is 6.09 Å². The standard InChI is InChI=1S/C11H13NO3/c13-10-6-5-9(12-11(14)15)7-3-1-2-4-8(7)10/h1-4,9-10,12-13H,5-6H2,(H,14,15)/t9-,10-/m0/s1. The molecule has 1 amide bonds. The summed E-state index contributed by atoms with van der Waals surface area (Å²) in [7, 11) is 0. The molecule has 4 nitrogen and oxygen atoms in total. The predicted molar refractivity (Wildman–Crippen MR) is 54.5 cm³/mol. The lowest BCUT2D eigenvalue weighted by molar-refractivity contribution is 0.142. The third kappa shape index (κ3) is 1.94. The fraction of sp³-hybridized carbons (Fsp3) is 0.364. The van der Waals surface area contributed by atoms with E-state index in [-0.39, 0.29) is 6.04 Å². The Morgan fingerprint density at radius 2 is 1.93 bits per heavy atom. The zero-order valence-corrected chi connectivity index (χ0v) is 8.18. The smallest absolute Gasteiger partial charge is 0.405 e. The van der Waals surface area contributed by atoms with Gasteiger partial charge in [-0.05, 0) is 24.0 Å². The lowest BCUT2D eigenvalue weighted by Crippen LogP contribution is -2.30. The van der Waals surface area contributed by atoms with Gasteiger partial charge in [0.2, 0.25) is 0 Å². The number of carboxylic acid groups (broad SMARTS) is 1. The molecule has 0 radical (unpaired) electrons. The molecule has 0 bridgehead atoms. The Kier molecular flexibility index (Phi) is 2.60. The van der Waals surface area contributed by atoms with Crippen molar-refractivity contribution in [1.82, 2.24) is 5.32 Å². The summed E-state index contributed by atoms with van der Waals surface area (Å²) in [6.07, 6.45) is -0.244. The molecule has 3 N–H and O–H groups in total. The second kappa shape index (κ2) is 3.90. The number of benzene rings is 1. The van der Waals surface area contributed by atoms with Crippen LogP contribution in [0.3, 0.4) is 0 Å². The third-order valence-corrected chi connectivity index (χ3v) is 2.76. The van der Waals surface area contributed by atoms with Gasteiger partial charge in [-0.2, -0.15) is 0 Å². The number of hydrogen-bond donors (Lipinski definition) is 3. The van der Waals surface area contributed by atoms with Crippen molar-refractivity contribution in [2.45, 2.75) is 25.0 Å². The molecule has 0 fully saturated rings. The van der Waals surface area contributed by atoms with Crippen molar-refractivity contribution in [3.05, 3.63) is 35.4 Å². The number of rotatable bonds is 1. The van der Waals surface area contributed by atoms with Crippen LogP contribution in [0.25, 0.3) is 0 Å². The Bertz CT molecular complexity index is 378. The first-order valence-corrected chi connectivity index (χ1v) is 4.95. The van der Waals surface area contributed by atoms with Crippen molar-refractivity contribution in [3.63, 3.8) is 0 Å². The molecule has 0 saturated carbocycles. The van der Waals surface area contributed by atoms with E-state index in [9.17, 15) is 9.90 Å². The molecule has 2 rings (SSSR count). The molecule has 0 spiro atoms. The summed E-state index contributed by atoms with van der Waals surface area (Å²) in [5.41, 5.74) is 1.72. The van der Waals surface area contributed by atoms with Crippen molar-refractivity contribution in [2.75, 3.05) is 0 Å². The lowest BCUT2D eigenvalue weighted by Gasteiger charge is -2.28. The van der Waals surface area contributed by atoms with Gasteiger partial charge in [0.05, 0.1) is 12.1 Å². The molecule has 1 aliphatic rings. The van der Waals surface area contributed by atoms with E-state index in [0.29, 0.717) is 12.8 Å². The second-order valence-electron chi connectivity index (χ2n) is 3.72. The highest BCUT2D eigenvalue weighted by Crippen LogP contribution is 2.35. The van der Waals surface area contributed by atoms with Crippen LogP contribution in [-0.2, 0) is 0 Å². The Labute approximate surface area is 87.6 Å². The fourth-order valence-corrected chi connectivity index (χ4v) is 2.07. The van der Waals surface area contributed by atoms with Gasteiger partial charge in [0.1, 0.15) is 0 Å². The lowest BCUT2D eigenvalue weighted by atomic mass is 9.86. The van der Waals surface area contributed by atoms with E-state index < -0.39 is 12.2 Å². The van der Waals surface area contributed by atoms with Crippen LogP contribution in [0, 0.1) is 0 Å². The SMILES string of the molecule is O=C(O)N[C@H]1CC[C@H](O)c2ccccc21. The van der Waals surface area contributed by atoms with Gasteiger partial charge in [-0.15, -0.1) is 0 Å². The molecule has 0 heterocycles. The van der Waals surface area contributed by atoms with Gasteiger partial charge in [0, 0.05) is 0 Å². The van der Waals surface area contributed by atoms with Crippen LogP contribution in [0.5, 0.6) is 0 Å². The Morgan fingerprint density at radius 1 is 1.27 bits per heavy atom. The highest BCUT2D eigenvalue weighted by molar-refractivity contribution is 5.65. The summed E-state index contributed by atoms with van der Waals surface area (Å²) in [6.45, 7) is 0. The maximum Gasteiger partial charge on any atom is 0.405 e. The van der Waals surface area contributed by atoms with Gasteiger partial charge in [0.15, 0.2) is 0 Å². The number of carbonyl (C=O) groups is 1. The van der Waals surface area contributed by atoms with Crippen molar-refractivity contribution in [1.29, 1.82) is 0 Å². The van der Waals surface area contributed by atoms with Gasteiger partial charge in [0.25, 0.3) is 0 Å². The fourth-order valence-electron chi connectivity index (χ4n) is 2.07. The van der Waals surface area contributed by atoms with Gasteiger partial charge in [-0.25, -0.2) is 4.79 Å². The monoisotopic (exact) mass is 207 g/mol. The average Bonchev–Trinajstić information content (AvgIpc) is 2.22. The minimum Gasteiger partial charge on any atom is -0.465 e. The minimum atomic E-state index is -1.02. The number of nitrogens with one attached hydrogen (secondary N) is 1. The average molecular weight is 207 g/mol. The van der Waals surface area contributed by atoms with Crippen LogP contribution in [0.4, 0.5) is 4.79 Å². The molecule has 80 valence electrons. The molecule has 1 aromatic carbocycles. The third-order valence-electron chi connectivity index (χ3n) is 2.76. The highest BCUT2D eigenvalue weighted by Gasteiger charge is 2.26. The molecule has 1 aromatic rings. The Morgan fingerprint density at radius 3 is 2.60 bits per heavy atom. The summed E-state index contributed by atoms with van der Waals surface area (Å²) in [6, 6.07) is 7.22. The summed E-state index contributed by atoms with van der Waals surface area (Å²) >= 11 is 0. The van der Waals surface area contributed by atoms with Crippen LogP contribution >= 0.6 is 0 Å². The minimum absolute atomic E-state index is 0.193. The van der Waals surface area contributed by atoms with E-state index in [0.717, 1.165) is 11.1 Å². The number of hydrogen-bond acceptors (Lipinski definition) is 2. The summed E-state index contributed by atoms with van der Waals surface area (Å²) in [5, 5.41) is 20.9. The quantitative estimate of drug-likeness (QED) is 0.658. The van der Waals surface area contributed by atoms with E-state index in [1.54, 1.807) is 0 Å². The van der Waals surface area contributed by atoms with E-state index in [4.69, 9.17) is 5.11 Å². The molecule has 0 unspecified atom stereocenters. The Balaban J connectivity index is 2.31. The molecule has 4 heteroatoms. The van der Waals surface area contributed by atoms with Crippen LogP contribution < -0.4 is 5.32 Å². The van der Waals surface area contributed by atoms with Crippen LogP contribution in [0.1, 0.15) is 36.1 Å². The van der Waals surface area contributed by atoms with Crippen molar-refractivity contribution in [3.8, 4) is 0 Å². The molecule has 0 aliphatic heterocycles. The van der Waals surface area contributed by atoms with E-state index >= 15 is 0 Å². The van der Waals surface area contributed by atoms with E-state index in [1.807, 2.05) is 24.3 Å². The number of fused-ring (bicyclic) bond motifs is 1. The van der Waals surface area contributed by atoms with Crippen LogP contribution in [-0.4, -0.2) is 16.3 Å². The van der Waals surface area contributed by atoms with E-state index in [1.165, 1.54) is 0 Å². The largest absolute Gasteiger partial charge is 0.465 e. The number of amides is 1. The first-order chi connectivity index (χ1) is 7.18. The summed E-state index contributed by atoms with van der Waals surface area (Å²) < 4.78 is 0. The zero-order valence-electron chi connectivity index (χ0n) is 8.18. The van der Waals surface area contributed by atoms with Crippen LogP contribution in [0.15, 0.2) is 24.3 Å². The van der Waals surface area contributed by atoms with Crippen molar-refractivity contribution in [2.24, 2.45) is 0 Å². The summed E-state index contributed by atoms with van der Waals surface area (Å²) in [5.74, 6) is 0. The first kappa shape index (κ1) is 9.98.